The SMILES string of the molecule is CC#Cc1c(F)ccc2cc(OCOC)cc(-c3nc4c5c(nc(SCC)nc5c3F)N3C[C@@]5(C)CC[C@@H]([C@H]3CC4)N5C(=O)OC(C)(C)C)c12. The minimum atomic E-state index is -0.631. The molecule has 0 aliphatic carbocycles. The van der Waals surface area contributed by atoms with Gasteiger partial charge in [0.1, 0.15) is 34.2 Å². The number of rotatable bonds is 6. The van der Waals surface area contributed by atoms with Gasteiger partial charge in [-0.25, -0.2) is 28.5 Å². The molecule has 2 fully saturated rings. The summed E-state index contributed by atoms with van der Waals surface area (Å²) in [6.45, 7) is 11.9. The van der Waals surface area contributed by atoms with Gasteiger partial charge >= 0.3 is 6.09 Å². The zero-order valence-corrected chi connectivity index (χ0v) is 30.3. The number of piperazine rings is 1. The molecule has 3 aliphatic rings. The van der Waals surface area contributed by atoms with Gasteiger partial charge in [0.25, 0.3) is 0 Å². The Bertz CT molecular complexity index is 2090. The molecule has 4 aromatic rings. The monoisotopic (exact) mass is 701 g/mol. The maximum absolute atomic E-state index is 17.3. The van der Waals surface area contributed by atoms with Crippen molar-refractivity contribution in [3.05, 3.63) is 47.2 Å². The number of carbonyl (C=O) groups excluding carboxylic acids is 1. The van der Waals surface area contributed by atoms with E-state index in [1.54, 1.807) is 25.1 Å². The Hall–Kier alpha value is -4.21. The molecule has 262 valence electrons. The molecule has 1 amide bonds. The summed E-state index contributed by atoms with van der Waals surface area (Å²) in [5, 5.41) is 2.08. The molecule has 7 rings (SSSR count). The lowest BCUT2D eigenvalue weighted by molar-refractivity contribution is -0.00936. The van der Waals surface area contributed by atoms with Gasteiger partial charge in [0.05, 0.1) is 34.3 Å². The highest BCUT2D eigenvalue weighted by atomic mass is 32.2. The minimum absolute atomic E-state index is 0.0293. The van der Waals surface area contributed by atoms with Crippen LogP contribution in [0.2, 0.25) is 0 Å². The van der Waals surface area contributed by atoms with Crippen LogP contribution in [0.5, 0.6) is 5.75 Å². The normalized spacial score (nSPS) is 21.1. The van der Waals surface area contributed by atoms with Gasteiger partial charge in [-0.05, 0) is 89.6 Å². The van der Waals surface area contributed by atoms with Gasteiger partial charge < -0.3 is 19.1 Å². The first kappa shape index (κ1) is 34.2. The van der Waals surface area contributed by atoms with E-state index >= 15 is 8.78 Å². The fourth-order valence-corrected chi connectivity index (χ4v) is 8.44. The first-order valence-electron chi connectivity index (χ1n) is 17.0. The number of hydrogen-bond donors (Lipinski definition) is 0. The Balaban J connectivity index is 1.45. The van der Waals surface area contributed by atoms with Crippen LogP contribution in [0.25, 0.3) is 32.9 Å². The molecule has 0 saturated carbocycles. The van der Waals surface area contributed by atoms with Crippen LogP contribution in [0.1, 0.15) is 72.1 Å². The number of aromatic nitrogens is 3. The van der Waals surface area contributed by atoms with E-state index in [4.69, 9.17) is 29.2 Å². The summed E-state index contributed by atoms with van der Waals surface area (Å²) in [5.74, 6) is 6.29. The zero-order chi connectivity index (χ0) is 35.5. The number of pyridine rings is 1. The van der Waals surface area contributed by atoms with Gasteiger partial charge in [-0.15, -0.1) is 5.92 Å². The summed E-state index contributed by atoms with van der Waals surface area (Å²) in [5.41, 5.74) is 0.206. The van der Waals surface area contributed by atoms with Crippen molar-refractivity contribution in [2.24, 2.45) is 0 Å². The van der Waals surface area contributed by atoms with Crippen LogP contribution in [0.3, 0.4) is 0 Å². The summed E-state index contributed by atoms with van der Waals surface area (Å²) < 4.78 is 49.6. The predicted octanol–water partition coefficient (Wildman–Crippen LogP) is 7.88. The summed E-state index contributed by atoms with van der Waals surface area (Å²) in [6.07, 6.45) is 2.47. The molecular weight excluding hydrogens is 661 g/mol. The number of thioether (sulfide) groups is 1. The van der Waals surface area contributed by atoms with Crippen LogP contribution in [-0.2, 0) is 15.9 Å². The molecule has 0 unspecified atom stereocenters. The lowest BCUT2D eigenvalue weighted by Gasteiger charge is -2.51. The van der Waals surface area contributed by atoms with Crippen molar-refractivity contribution < 1.29 is 27.8 Å². The Morgan fingerprint density at radius 2 is 1.92 bits per heavy atom. The van der Waals surface area contributed by atoms with E-state index in [1.807, 2.05) is 32.6 Å². The topological polar surface area (TPSA) is 89.9 Å². The van der Waals surface area contributed by atoms with E-state index in [0.29, 0.717) is 69.3 Å². The molecule has 2 aromatic heterocycles. The van der Waals surface area contributed by atoms with Crippen LogP contribution in [0.15, 0.2) is 29.4 Å². The van der Waals surface area contributed by atoms with E-state index in [-0.39, 0.29) is 41.7 Å². The maximum Gasteiger partial charge on any atom is 0.411 e. The second kappa shape index (κ2) is 12.8. The number of nitrogens with zero attached hydrogens (tertiary/aromatic N) is 5. The number of halogens is 2. The third-order valence-corrected chi connectivity index (χ3v) is 10.5. The fourth-order valence-electron chi connectivity index (χ4n) is 7.88. The van der Waals surface area contributed by atoms with Gasteiger partial charge in [0.2, 0.25) is 0 Å². The third-order valence-electron chi connectivity index (χ3n) is 9.77. The molecule has 2 aromatic carbocycles. The van der Waals surface area contributed by atoms with Crippen LogP contribution in [-0.4, -0.2) is 75.4 Å². The number of carbonyl (C=O) groups is 1. The third kappa shape index (κ3) is 5.78. The molecule has 2 bridgehead atoms. The molecule has 0 spiro atoms. The number of benzene rings is 2. The summed E-state index contributed by atoms with van der Waals surface area (Å²) in [4.78, 5) is 32.7. The average Bonchev–Trinajstić information content (AvgIpc) is 3.23. The van der Waals surface area contributed by atoms with Gasteiger partial charge in [0, 0.05) is 24.6 Å². The van der Waals surface area contributed by atoms with Gasteiger partial charge in [-0.1, -0.05) is 30.7 Å². The lowest BCUT2D eigenvalue weighted by Crippen LogP contribution is -2.66. The molecule has 3 aliphatic heterocycles. The van der Waals surface area contributed by atoms with Gasteiger partial charge in [-0.3, -0.25) is 4.90 Å². The number of methoxy groups -OCH3 is 1. The number of aryl methyl sites for hydroxylation is 1. The van der Waals surface area contributed by atoms with Crippen molar-refractivity contribution in [1.29, 1.82) is 0 Å². The Morgan fingerprint density at radius 1 is 1.12 bits per heavy atom. The maximum atomic E-state index is 17.3. The molecule has 0 radical (unpaired) electrons. The van der Waals surface area contributed by atoms with E-state index in [0.717, 1.165) is 12.8 Å². The first-order valence-corrected chi connectivity index (χ1v) is 18.0. The van der Waals surface area contributed by atoms with Crippen LogP contribution < -0.4 is 9.64 Å². The minimum Gasteiger partial charge on any atom is -0.468 e. The standard InChI is InChI=1S/C38H41F2N5O4S/c1-8-10-23-25(39)12-11-21-17-22(48-20-47-7)18-24(29(21)23)32-31(40)33-30-26(41-32)13-14-27-28-15-16-38(6,45(28)36(46)49-37(3,4)5)19-44(27)34(30)43-35(42-33)50-9-2/h11-12,17-18,27-28H,9,13-16,19-20H2,1-7H3/t27-,28+,38-/m1/s1. The summed E-state index contributed by atoms with van der Waals surface area (Å²) >= 11 is 1.44. The molecule has 2 saturated heterocycles. The van der Waals surface area contributed by atoms with Crippen LogP contribution in [0.4, 0.5) is 19.4 Å². The quantitative estimate of drug-likeness (QED) is 0.0862. The van der Waals surface area contributed by atoms with Gasteiger partial charge in [-0.2, -0.15) is 0 Å². The van der Waals surface area contributed by atoms with Gasteiger partial charge in [0.15, 0.2) is 17.8 Å². The van der Waals surface area contributed by atoms with E-state index in [1.165, 1.54) is 24.9 Å². The van der Waals surface area contributed by atoms with E-state index in [9.17, 15) is 4.79 Å². The molecule has 9 nitrogen and oxygen atoms in total. The number of amides is 1. The van der Waals surface area contributed by atoms with Crippen molar-refractivity contribution in [2.75, 3.05) is 31.1 Å². The van der Waals surface area contributed by atoms with E-state index in [2.05, 4.69) is 23.7 Å². The van der Waals surface area contributed by atoms with Crippen molar-refractivity contribution in [1.82, 2.24) is 19.9 Å². The average molecular weight is 702 g/mol. The highest BCUT2D eigenvalue weighted by Gasteiger charge is 2.57. The Labute approximate surface area is 295 Å². The Morgan fingerprint density at radius 3 is 2.64 bits per heavy atom. The highest BCUT2D eigenvalue weighted by molar-refractivity contribution is 7.99. The van der Waals surface area contributed by atoms with Crippen LogP contribution in [0, 0.1) is 23.5 Å². The van der Waals surface area contributed by atoms with Crippen molar-refractivity contribution in [3.8, 4) is 28.8 Å². The van der Waals surface area contributed by atoms with Crippen molar-refractivity contribution in [3.63, 3.8) is 0 Å². The Kier molecular flexibility index (Phi) is 8.79. The molecule has 0 N–H and O–H groups in total. The summed E-state index contributed by atoms with van der Waals surface area (Å²) in [6, 6.07) is 6.18. The number of ether oxygens (including phenoxy) is 3. The second-order valence-electron chi connectivity index (χ2n) is 14.3. The number of fused-ring (bicyclic) bond motifs is 6. The summed E-state index contributed by atoms with van der Waals surface area (Å²) in [7, 11) is 1.51. The zero-order valence-electron chi connectivity index (χ0n) is 29.4. The van der Waals surface area contributed by atoms with Crippen LogP contribution >= 0.6 is 11.8 Å². The smallest absolute Gasteiger partial charge is 0.411 e. The largest absolute Gasteiger partial charge is 0.468 e. The molecule has 3 atom stereocenters. The lowest BCUT2D eigenvalue weighted by atomic mass is 9.94. The molecular formula is C38H41F2N5O4S. The molecule has 5 heterocycles. The van der Waals surface area contributed by atoms with Crippen molar-refractivity contribution >= 4 is 45.3 Å². The highest BCUT2D eigenvalue weighted by Crippen LogP contribution is 2.49. The predicted molar refractivity (Wildman–Crippen MR) is 191 cm³/mol. The second-order valence-corrected chi connectivity index (χ2v) is 15.5. The molecule has 12 heteroatoms. The fraction of sp³-hybridized carbons (Fsp3) is 0.474. The first-order chi connectivity index (χ1) is 23.9. The molecule has 50 heavy (non-hydrogen) atoms. The number of anilines is 1. The number of hydrogen-bond acceptors (Lipinski definition) is 9. The van der Waals surface area contributed by atoms with E-state index < -0.39 is 22.8 Å². The van der Waals surface area contributed by atoms with Crippen molar-refractivity contribution in [2.45, 2.75) is 95.6 Å².